The Balaban J connectivity index is 1.83. The zero-order valence-corrected chi connectivity index (χ0v) is 14.3. The van der Waals surface area contributed by atoms with Crippen LogP contribution in [-0.2, 0) is 7.05 Å². The van der Waals surface area contributed by atoms with E-state index in [1.54, 1.807) is 30.2 Å². The lowest BCUT2D eigenvalue weighted by molar-refractivity contribution is 0.358. The van der Waals surface area contributed by atoms with Gasteiger partial charge in [-0.15, -0.1) is 0 Å². The van der Waals surface area contributed by atoms with Crippen LogP contribution in [-0.4, -0.2) is 19.7 Å². The first-order valence-corrected chi connectivity index (χ1v) is 8.08. The normalized spacial score (nSPS) is 16.0. The number of benzene rings is 1. The van der Waals surface area contributed by atoms with Crippen molar-refractivity contribution in [3.63, 3.8) is 0 Å². The molecule has 7 nitrogen and oxygen atoms in total. The number of hydrogen-bond donors (Lipinski definition) is 1. The summed E-state index contributed by atoms with van der Waals surface area (Å²) in [4.78, 5) is 8.52. The number of hydrogen-bond acceptors (Lipinski definition) is 6. The zero-order valence-electron chi connectivity index (χ0n) is 14.3. The Bertz CT molecular complexity index is 1040. The fraction of sp³-hybridized carbons (Fsp3) is 0.158. The van der Waals surface area contributed by atoms with Crippen molar-refractivity contribution in [1.82, 2.24) is 19.7 Å². The van der Waals surface area contributed by atoms with Crippen molar-refractivity contribution in [1.29, 1.82) is 5.26 Å². The van der Waals surface area contributed by atoms with Gasteiger partial charge in [-0.05, 0) is 18.6 Å². The maximum atomic E-state index is 9.63. The average Bonchev–Trinajstić information content (AvgIpc) is 2.95. The van der Waals surface area contributed by atoms with Crippen LogP contribution in [0.4, 0.5) is 0 Å². The molecule has 3 aromatic rings. The summed E-state index contributed by atoms with van der Waals surface area (Å²) in [5.41, 5.74) is 9.90. The molecule has 4 rings (SSSR count). The maximum Gasteiger partial charge on any atom is 0.224 e. The van der Waals surface area contributed by atoms with Gasteiger partial charge in [0.15, 0.2) is 5.82 Å². The zero-order chi connectivity index (χ0) is 18.3. The van der Waals surface area contributed by atoms with Crippen LogP contribution in [0.1, 0.15) is 22.7 Å². The van der Waals surface area contributed by atoms with Gasteiger partial charge in [-0.3, -0.25) is 0 Å². The van der Waals surface area contributed by atoms with Crippen molar-refractivity contribution in [2.24, 2.45) is 12.8 Å². The highest BCUT2D eigenvalue weighted by Crippen LogP contribution is 2.43. The van der Waals surface area contributed by atoms with Gasteiger partial charge in [-0.25, -0.2) is 14.6 Å². The minimum absolute atomic E-state index is 0.114. The predicted molar refractivity (Wildman–Crippen MR) is 94.7 cm³/mol. The highest BCUT2D eigenvalue weighted by molar-refractivity contribution is 5.59. The molecular weight excluding hydrogens is 328 g/mol. The van der Waals surface area contributed by atoms with Crippen molar-refractivity contribution in [3.8, 4) is 23.3 Å². The van der Waals surface area contributed by atoms with Crippen molar-refractivity contribution >= 4 is 0 Å². The first-order chi connectivity index (χ1) is 12.6. The lowest BCUT2D eigenvalue weighted by Crippen LogP contribution is -2.21. The highest BCUT2D eigenvalue weighted by atomic mass is 16.5. The molecule has 0 radical (unpaired) electrons. The molecule has 26 heavy (non-hydrogen) atoms. The number of nitrogens with zero attached hydrogens (tertiary/aromatic N) is 5. The van der Waals surface area contributed by atoms with Crippen molar-refractivity contribution < 1.29 is 4.74 Å². The van der Waals surface area contributed by atoms with E-state index in [4.69, 9.17) is 10.5 Å². The van der Waals surface area contributed by atoms with Crippen LogP contribution in [0.15, 0.2) is 54.2 Å². The number of aromatic nitrogens is 4. The van der Waals surface area contributed by atoms with Gasteiger partial charge < -0.3 is 10.5 Å². The van der Waals surface area contributed by atoms with Gasteiger partial charge in [0.2, 0.25) is 11.8 Å². The van der Waals surface area contributed by atoms with Gasteiger partial charge in [0, 0.05) is 25.0 Å². The minimum Gasteiger partial charge on any atom is -0.422 e. The molecule has 1 atom stereocenters. The molecule has 7 heteroatoms. The van der Waals surface area contributed by atoms with Gasteiger partial charge in [0.1, 0.15) is 11.6 Å². The topological polar surface area (TPSA) is 103 Å². The standard InChI is InChI=1S/C19H16N6O/c1-11-15-16(14(10-20)17(21)26-19(15)25(2)24-11)12-4-6-13(7-5-12)18-22-8-3-9-23-18/h3-9,16H,21H2,1-2H3. The number of nitrogens with two attached hydrogens (primary N) is 1. The van der Waals surface area contributed by atoms with Gasteiger partial charge in [0.05, 0.1) is 17.2 Å². The molecule has 0 spiro atoms. The summed E-state index contributed by atoms with van der Waals surface area (Å²) in [5, 5.41) is 14.1. The highest BCUT2D eigenvalue weighted by Gasteiger charge is 2.35. The van der Waals surface area contributed by atoms with E-state index in [-0.39, 0.29) is 11.8 Å². The molecule has 0 fully saturated rings. The third kappa shape index (κ3) is 2.40. The monoisotopic (exact) mass is 344 g/mol. The van der Waals surface area contributed by atoms with Crippen LogP contribution in [0.25, 0.3) is 11.4 Å². The summed E-state index contributed by atoms with van der Waals surface area (Å²) in [6.07, 6.45) is 3.41. The molecule has 0 saturated heterocycles. The van der Waals surface area contributed by atoms with E-state index in [1.807, 2.05) is 31.2 Å². The molecule has 3 heterocycles. The quantitative estimate of drug-likeness (QED) is 0.766. The van der Waals surface area contributed by atoms with Gasteiger partial charge >= 0.3 is 0 Å². The van der Waals surface area contributed by atoms with E-state index in [0.29, 0.717) is 17.3 Å². The Hall–Kier alpha value is -3.66. The van der Waals surface area contributed by atoms with E-state index in [0.717, 1.165) is 22.4 Å². The Kier molecular flexibility index (Phi) is 3.66. The second kappa shape index (κ2) is 6.01. The fourth-order valence-electron chi connectivity index (χ4n) is 3.28. The number of allylic oxidation sites excluding steroid dienone is 1. The molecule has 128 valence electrons. The maximum absolute atomic E-state index is 9.63. The average molecular weight is 344 g/mol. The predicted octanol–water partition coefficient (Wildman–Crippen LogP) is 2.40. The van der Waals surface area contributed by atoms with Crippen molar-refractivity contribution in [3.05, 3.63) is 71.0 Å². The second-order valence-electron chi connectivity index (χ2n) is 6.05. The van der Waals surface area contributed by atoms with Crippen LogP contribution >= 0.6 is 0 Å². The number of fused-ring (bicyclic) bond motifs is 1. The Morgan fingerprint density at radius 1 is 1.19 bits per heavy atom. The van der Waals surface area contributed by atoms with E-state index in [2.05, 4.69) is 21.1 Å². The molecular formula is C19H16N6O. The van der Waals surface area contributed by atoms with Gasteiger partial charge in [0.25, 0.3) is 0 Å². The van der Waals surface area contributed by atoms with Crippen LogP contribution in [0.3, 0.4) is 0 Å². The molecule has 0 aliphatic carbocycles. The third-order valence-electron chi connectivity index (χ3n) is 4.45. The summed E-state index contributed by atoms with van der Waals surface area (Å²) >= 11 is 0. The summed E-state index contributed by atoms with van der Waals surface area (Å²) in [6.45, 7) is 1.90. The van der Waals surface area contributed by atoms with Crippen LogP contribution in [0, 0.1) is 18.3 Å². The Morgan fingerprint density at radius 3 is 2.54 bits per heavy atom. The lowest BCUT2D eigenvalue weighted by atomic mass is 9.84. The molecule has 1 aliphatic rings. The summed E-state index contributed by atoms with van der Waals surface area (Å²) in [6, 6.07) is 11.8. The number of rotatable bonds is 2. The third-order valence-corrected chi connectivity index (χ3v) is 4.45. The number of nitriles is 1. The van der Waals surface area contributed by atoms with Crippen molar-refractivity contribution in [2.75, 3.05) is 0 Å². The van der Waals surface area contributed by atoms with Gasteiger partial charge in [-0.1, -0.05) is 24.3 Å². The molecule has 0 bridgehead atoms. The van der Waals surface area contributed by atoms with Crippen LogP contribution in [0.5, 0.6) is 5.88 Å². The number of aryl methyl sites for hydroxylation is 2. The van der Waals surface area contributed by atoms with E-state index in [9.17, 15) is 5.26 Å². The lowest BCUT2D eigenvalue weighted by Gasteiger charge is -2.24. The smallest absolute Gasteiger partial charge is 0.224 e. The molecule has 0 saturated carbocycles. The van der Waals surface area contributed by atoms with Crippen molar-refractivity contribution in [2.45, 2.75) is 12.8 Å². The van der Waals surface area contributed by atoms with E-state index in [1.165, 1.54) is 0 Å². The van der Waals surface area contributed by atoms with E-state index < -0.39 is 0 Å². The fourth-order valence-corrected chi connectivity index (χ4v) is 3.28. The van der Waals surface area contributed by atoms with Crippen LogP contribution in [0.2, 0.25) is 0 Å². The molecule has 2 aromatic heterocycles. The largest absolute Gasteiger partial charge is 0.422 e. The minimum atomic E-state index is -0.316. The Morgan fingerprint density at radius 2 is 1.88 bits per heavy atom. The van der Waals surface area contributed by atoms with Crippen LogP contribution < -0.4 is 10.5 Å². The first-order valence-electron chi connectivity index (χ1n) is 8.08. The molecule has 1 aromatic carbocycles. The first kappa shape index (κ1) is 15.8. The molecule has 2 N–H and O–H groups in total. The van der Waals surface area contributed by atoms with Gasteiger partial charge in [-0.2, -0.15) is 10.4 Å². The summed E-state index contributed by atoms with van der Waals surface area (Å²) in [5.74, 6) is 1.02. The molecule has 1 aliphatic heterocycles. The Labute approximate surface area is 150 Å². The number of ether oxygens (including phenoxy) is 1. The summed E-state index contributed by atoms with van der Waals surface area (Å²) < 4.78 is 7.29. The SMILES string of the molecule is Cc1nn(C)c2c1C(c1ccc(-c3ncccn3)cc1)C(C#N)=C(N)O2. The molecule has 0 amide bonds. The molecule has 1 unspecified atom stereocenters. The second-order valence-corrected chi connectivity index (χ2v) is 6.05. The van der Waals surface area contributed by atoms with E-state index >= 15 is 0 Å². The summed E-state index contributed by atoms with van der Waals surface area (Å²) in [7, 11) is 1.80.